The zero-order valence-electron chi connectivity index (χ0n) is 10.6. The van der Waals surface area contributed by atoms with Crippen molar-refractivity contribution in [3.63, 3.8) is 0 Å². The minimum absolute atomic E-state index is 0.144. The van der Waals surface area contributed by atoms with Crippen LogP contribution in [0, 0.1) is 5.92 Å². The molecule has 0 aliphatic carbocycles. The fraction of sp³-hybridized carbons (Fsp3) is 0.571. The number of hydrogen-bond acceptors (Lipinski definition) is 3. The Labute approximate surface area is 108 Å². The van der Waals surface area contributed by atoms with Gasteiger partial charge in [-0.15, -0.1) is 11.8 Å². The van der Waals surface area contributed by atoms with Gasteiger partial charge in [0.25, 0.3) is 0 Å². The first-order chi connectivity index (χ1) is 8.26. The number of benzene rings is 1. The van der Waals surface area contributed by atoms with Gasteiger partial charge in [-0.05, 0) is 18.1 Å². The fourth-order valence-electron chi connectivity index (χ4n) is 2.36. The first-order valence-corrected chi connectivity index (χ1v) is 7.38. The minimum Gasteiger partial charge on any atom is -0.487 e. The highest BCUT2D eigenvalue weighted by Crippen LogP contribution is 2.36. The molecule has 1 aromatic carbocycles. The van der Waals surface area contributed by atoms with Crippen LogP contribution in [0.3, 0.4) is 0 Å². The first kappa shape index (κ1) is 12.8. The van der Waals surface area contributed by atoms with Crippen molar-refractivity contribution in [3.05, 3.63) is 24.3 Å². The predicted molar refractivity (Wildman–Crippen MR) is 73.6 cm³/mol. The molecule has 1 aliphatic rings. The van der Waals surface area contributed by atoms with E-state index in [1.54, 1.807) is 0 Å². The van der Waals surface area contributed by atoms with Crippen molar-refractivity contribution in [3.8, 4) is 5.75 Å². The molecule has 2 N–H and O–H groups in total. The summed E-state index contributed by atoms with van der Waals surface area (Å²) in [5.74, 6) is 2.52. The van der Waals surface area contributed by atoms with Crippen molar-refractivity contribution < 1.29 is 4.74 Å². The normalized spacial score (nSPS) is 20.8. The van der Waals surface area contributed by atoms with Crippen LogP contribution in [-0.2, 0) is 0 Å². The fourth-order valence-corrected chi connectivity index (χ4v) is 3.43. The van der Waals surface area contributed by atoms with E-state index in [2.05, 4.69) is 26.0 Å². The van der Waals surface area contributed by atoms with Crippen molar-refractivity contribution in [1.29, 1.82) is 0 Å². The number of hydrogen-bond donors (Lipinski definition) is 1. The summed E-state index contributed by atoms with van der Waals surface area (Å²) < 4.78 is 6.03. The Kier molecular flexibility index (Phi) is 4.35. The Bertz CT molecular complexity index is 365. The summed E-state index contributed by atoms with van der Waals surface area (Å²) >= 11 is 1.86. The van der Waals surface area contributed by atoms with Crippen molar-refractivity contribution in [1.82, 2.24) is 0 Å². The molecule has 2 unspecified atom stereocenters. The predicted octanol–water partition coefficient (Wildman–Crippen LogP) is 3.30. The van der Waals surface area contributed by atoms with E-state index < -0.39 is 0 Å². The smallest absolute Gasteiger partial charge is 0.133 e. The van der Waals surface area contributed by atoms with Crippen LogP contribution in [0.1, 0.15) is 26.7 Å². The molecule has 1 aromatic rings. The lowest BCUT2D eigenvalue weighted by molar-refractivity contribution is 0.150. The van der Waals surface area contributed by atoms with E-state index in [0.717, 1.165) is 24.3 Å². The van der Waals surface area contributed by atoms with Gasteiger partial charge in [0.2, 0.25) is 0 Å². The highest BCUT2D eigenvalue weighted by molar-refractivity contribution is 7.99. The van der Waals surface area contributed by atoms with Gasteiger partial charge in [-0.1, -0.05) is 38.8 Å². The lowest BCUT2D eigenvalue weighted by atomic mass is 9.91. The molecule has 0 amide bonds. The third-order valence-electron chi connectivity index (χ3n) is 3.55. The van der Waals surface area contributed by atoms with Crippen LogP contribution in [-0.4, -0.2) is 17.9 Å². The number of para-hydroxylation sites is 1. The summed E-state index contributed by atoms with van der Waals surface area (Å²) in [5.41, 5.74) is 6.33. The van der Waals surface area contributed by atoms with E-state index in [1.807, 2.05) is 23.9 Å². The van der Waals surface area contributed by atoms with Crippen molar-refractivity contribution in [2.75, 3.05) is 5.75 Å². The molecule has 0 saturated heterocycles. The average Bonchev–Trinajstić information content (AvgIpc) is 2.39. The van der Waals surface area contributed by atoms with Crippen molar-refractivity contribution in [2.24, 2.45) is 11.7 Å². The van der Waals surface area contributed by atoms with Gasteiger partial charge < -0.3 is 10.5 Å². The first-order valence-electron chi connectivity index (χ1n) is 6.40. The Balaban J connectivity index is 2.07. The number of ether oxygens (including phenoxy) is 1. The van der Waals surface area contributed by atoms with Gasteiger partial charge in [0.1, 0.15) is 11.9 Å². The molecular formula is C14H21NOS. The molecule has 2 nitrogen and oxygen atoms in total. The molecule has 0 saturated carbocycles. The van der Waals surface area contributed by atoms with Crippen LogP contribution in [0.15, 0.2) is 29.2 Å². The second-order valence-corrected chi connectivity index (χ2v) is 5.63. The largest absolute Gasteiger partial charge is 0.487 e. The zero-order valence-corrected chi connectivity index (χ0v) is 11.4. The van der Waals surface area contributed by atoms with E-state index >= 15 is 0 Å². The number of rotatable bonds is 4. The molecule has 94 valence electrons. The number of thioether (sulfide) groups is 1. The molecule has 0 bridgehead atoms. The molecule has 1 heterocycles. The van der Waals surface area contributed by atoms with Gasteiger partial charge >= 0.3 is 0 Å². The molecule has 2 atom stereocenters. The molecule has 17 heavy (non-hydrogen) atoms. The van der Waals surface area contributed by atoms with Crippen molar-refractivity contribution in [2.45, 2.75) is 43.7 Å². The van der Waals surface area contributed by atoms with E-state index in [9.17, 15) is 0 Å². The van der Waals surface area contributed by atoms with Crippen molar-refractivity contribution >= 4 is 11.8 Å². The second-order valence-electron chi connectivity index (χ2n) is 4.57. The topological polar surface area (TPSA) is 35.2 Å². The Hall–Kier alpha value is -0.670. The Morgan fingerprint density at radius 3 is 2.76 bits per heavy atom. The Morgan fingerprint density at radius 1 is 1.35 bits per heavy atom. The van der Waals surface area contributed by atoms with Gasteiger partial charge in [-0.25, -0.2) is 0 Å². The molecule has 2 rings (SSSR count). The maximum Gasteiger partial charge on any atom is 0.133 e. The van der Waals surface area contributed by atoms with Gasteiger partial charge in [0.15, 0.2) is 0 Å². The summed E-state index contributed by atoms with van der Waals surface area (Å²) in [6.45, 7) is 4.41. The van der Waals surface area contributed by atoms with Gasteiger partial charge in [-0.3, -0.25) is 0 Å². The maximum atomic E-state index is 6.33. The third-order valence-corrected chi connectivity index (χ3v) is 4.70. The average molecular weight is 251 g/mol. The molecule has 0 radical (unpaired) electrons. The van der Waals surface area contributed by atoms with Gasteiger partial charge in [0, 0.05) is 16.7 Å². The lowest BCUT2D eigenvalue weighted by Gasteiger charge is -2.33. The van der Waals surface area contributed by atoms with Crippen LogP contribution in [0.4, 0.5) is 0 Å². The summed E-state index contributed by atoms with van der Waals surface area (Å²) in [6, 6.07) is 8.36. The molecule has 3 heteroatoms. The number of nitrogens with two attached hydrogens (primary N) is 1. The lowest BCUT2D eigenvalue weighted by Crippen LogP contribution is -2.46. The minimum atomic E-state index is 0.144. The SMILES string of the molecule is CCC(CC)C(N)C1CSc2ccccc2O1. The molecule has 0 spiro atoms. The van der Waals surface area contributed by atoms with E-state index in [-0.39, 0.29) is 12.1 Å². The van der Waals surface area contributed by atoms with Crippen LogP contribution in [0.25, 0.3) is 0 Å². The summed E-state index contributed by atoms with van der Waals surface area (Å²) in [6.07, 6.45) is 2.41. The van der Waals surface area contributed by atoms with Crippen LogP contribution < -0.4 is 10.5 Å². The second kappa shape index (κ2) is 5.78. The van der Waals surface area contributed by atoms with E-state index in [0.29, 0.717) is 5.92 Å². The molecular weight excluding hydrogens is 230 g/mol. The molecule has 1 aliphatic heterocycles. The zero-order chi connectivity index (χ0) is 12.3. The molecule has 0 fully saturated rings. The van der Waals surface area contributed by atoms with E-state index in [4.69, 9.17) is 10.5 Å². The molecule has 0 aromatic heterocycles. The maximum absolute atomic E-state index is 6.33. The van der Waals surface area contributed by atoms with Crippen LogP contribution >= 0.6 is 11.8 Å². The Morgan fingerprint density at radius 2 is 2.06 bits per heavy atom. The van der Waals surface area contributed by atoms with E-state index in [1.165, 1.54) is 4.90 Å². The summed E-state index contributed by atoms with van der Waals surface area (Å²) in [4.78, 5) is 1.24. The monoisotopic (exact) mass is 251 g/mol. The van der Waals surface area contributed by atoms with Gasteiger partial charge in [-0.2, -0.15) is 0 Å². The summed E-state index contributed by atoms with van der Waals surface area (Å²) in [5, 5.41) is 0. The number of fused-ring (bicyclic) bond motifs is 1. The highest BCUT2D eigenvalue weighted by atomic mass is 32.2. The third kappa shape index (κ3) is 2.78. The highest BCUT2D eigenvalue weighted by Gasteiger charge is 2.29. The van der Waals surface area contributed by atoms with Crippen LogP contribution in [0.5, 0.6) is 5.75 Å². The standard InChI is InChI=1S/C14H21NOS/c1-3-10(4-2)14(15)12-9-17-13-8-6-5-7-11(13)16-12/h5-8,10,12,14H,3-4,9,15H2,1-2H3. The van der Waals surface area contributed by atoms with Crippen LogP contribution in [0.2, 0.25) is 0 Å². The van der Waals surface area contributed by atoms with Gasteiger partial charge in [0.05, 0.1) is 0 Å². The summed E-state index contributed by atoms with van der Waals surface area (Å²) in [7, 11) is 0. The quantitative estimate of drug-likeness (QED) is 0.891.